The van der Waals surface area contributed by atoms with Gasteiger partial charge in [0.25, 0.3) is 5.56 Å². The number of nitrogens with two attached hydrogens (primary N) is 1. The van der Waals surface area contributed by atoms with Gasteiger partial charge in [0.05, 0.1) is 5.69 Å². The van der Waals surface area contributed by atoms with E-state index in [-0.39, 0.29) is 17.0 Å². The van der Waals surface area contributed by atoms with Gasteiger partial charge in [0.15, 0.2) is 5.65 Å². The molecule has 2 aliphatic carbocycles. The molecular formula is C37H33N7O. The van der Waals surface area contributed by atoms with Gasteiger partial charge in [0, 0.05) is 41.8 Å². The number of nitrogens with zero attached hydrogens (tertiary/aromatic N) is 3. The van der Waals surface area contributed by atoms with Crippen LogP contribution in [0.1, 0.15) is 47.6 Å². The van der Waals surface area contributed by atoms with E-state index >= 15 is 0 Å². The van der Waals surface area contributed by atoms with Crippen LogP contribution in [0.5, 0.6) is 0 Å². The maximum absolute atomic E-state index is 13.9. The molecule has 8 heteroatoms. The van der Waals surface area contributed by atoms with Crippen molar-refractivity contribution >= 4 is 50.3 Å². The summed E-state index contributed by atoms with van der Waals surface area (Å²) in [6.45, 7) is 1.59. The predicted molar refractivity (Wildman–Crippen MR) is 180 cm³/mol. The summed E-state index contributed by atoms with van der Waals surface area (Å²) in [5.41, 5.74) is 15.4. The molecule has 10 rings (SSSR count). The van der Waals surface area contributed by atoms with Crippen molar-refractivity contribution in [3.05, 3.63) is 98.6 Å². The van der Waals surface area contributed by atoms with Crippen LogP contribution in [0, 0.1) is 5.41 Å². The second-order valence-electron chi connectivity index (χ2n) is 13.4. The van der Waals surface area contributed by atoms with Crippen LogP contribution >= 0.6 is 0 Å². The van der Waals surface area contributed by atoms with Gasteiger partial charge in [-0.15, -0.1) is 0 Å². The van der Waals surface area contributed by atoms with Gasteiger partial charge in [0.1, 0.15) is 5.39 Å². The average Bonchev–Trinajstić information content (AvgIpc) is 3.62. The quantitative estimate of drug-likeness (QED) is 0.215. The normalized spacial score (nSPS) is 19.7. The van der Waals surface area contributed by atoms with E-state index < -0.39 is 0 Å². The van der Waals surface area contributed by atoms with E-state index in [4.69, 9.17) is 10.7 Å². The molecule has 222 valence electrons. The lowest BCUT2D eigenvalue weighted by molar-refractivity contribution is 0.187. The van der Waals surface area contributed by atoms with E-state index in [1.807, 2.05) is 6.20 Å². The third-order valence-corrected chi connectivity index (χ3v) is 11.2. The monoisotopic (exact) mass is 591 g/mol. The summed E-state index contributed by atoms with van der Waals surface area (Å²) in [4.78, 5) is 24.1. The van der Waals surface area contributed by atoms with Crippen molar-refractivity contribution in [2.24, 2.45) is 11.1 Å². The third kappa shape index (κ3) is 3.48. The van der Waals surface area contributed by atoms with Crippen molar-refractivity contribution in [3.8, 4) is 11.3 Å². The summed E-state index contributed by atoms with van der Waals surface area (Å²) in [7, 11) is 0. The summed E-state index contributed by atoms with van der Waals surface area (Å²) in [6, 6.07) is 17.7. The molecule has 0 unspecified atom stereocenters. The maximum atomic E-state index is 13.9. The molecule has 4 aromatic carbocycles. The topological polar surface area (TPSA) is 116 Å². The summed E-state index contributed by atoms with van der Waals surface area (Å²) >= 11 is 0. The van der Waals surface area contributed by atoms with Crippen LogP contribution in [0.4, 0.5) is 11.6 Å². The van der Waals surface area contributed by atoms with Gasteiger partial charge in [-0.2, -0.15) is 10.1 Å². The smallest absolute Gasteiger partial charge is 0.264 e. The Morgan fingerprint density at radius 2 is 1.87 bits per heavy atom. The molecule has 4 heterocycles. The minimum atomic E-state index is -0.155. The number of aromatic amines is 2. The number of nitrogens with one attached hydrogen (secondary N) is 3. The number of fused-ring (bicyclic) bond motifs is 4. The average molecular weight is 592 g/mol. The van der Waals surface area contributed by atoms with Crippen LogP contribution < -0.4 is 26.7 Å². The third-order valence-electron chi connectivity index (χ3n) is 11.2. The fourth-order valence-electron chi connectivity index (χ4n) is 8.92. The van der Waals surface area contributed by atoms with Gasteiger partial charge in [-0.05, 0) is 106 Å². The minimum absolute atomic E-state index is 0.0488. The first kappa shape index (κ1) is 25.4. The van der Waals surface area contributed by atoms with Crippen LogP contribution in [0.15, 0.2) is 65.6 Å². The number of H-pyrrole nitrogens is 2. The number of aromatic nitrogens is 4. The maximum Gasteiger partial charge on any atom is 0.264 e. The molecular weight excluding hydrogens is 558 g/mol. The molecule has 2 aliphatic heterocycles. The Morgan fingerprint density at radius 1 is 0.978 bits per heavy atom. The van der Waals surface area contributed by atoms with E-state index in [0.717, 1.165) is 73.9 Å². The molecule has 4 aliphatic rings. The Labute approximate surface area is 259 Å². The summed E-state index contributed by atoms with van der Waals surface area (Å²) in [5.74, 6) is 0.590. The molecule has 0 amide bonds. The molecule has 0 radical (unpaired) electrons. The van der Waals surface area contributed by atoms with E-state index in [2.05, 4.69) is 86.1 Å². The zero-order chi connectivity index (χ0) is 29.9. The van der Waals surface area contributed by atoms with E-state index in [1.54, 1.807) is 0 Å². The first-order valence-electron chi connectivity index (χ1n) is 16.1. The Bertz CT molecular complexity index is 2370. The first-order valence-corrected chi connectivity index (χ1v) is 16.1. The van der Waals surface area contributed by atoms with Crippen molar-refractivity contribution in [2.75, 3.05) is 23.3 Å². The molecule has 1 saturated heterocycles. The molecule has 1 spiro atoms. The molecule has 45 heavy (non-hydrogen) atoms. The van der Waals surface area contributed by atoms with Crippen LogP contribution in [-0.2, 0) is 19.3 Å². The van der Waals surface area contributed by atoms with Crippen LogP contribution in [-0.4, -0.2) is 33.3 Å². The number of hydrogen-bond acceptors (Lipinski definition) is 6. The number of benzene rings is 4. The van der Waals surface area contributed by atoms with Crippen molar-refractivity contribution < 1.29 is 0 Å². The lowest BCUT2D eigenvalue weighted by atomic mass is 9.73. The SMILES string of the molecule is N[C@@H]1c2ccccc2CC12CCN(c1nc3n[nH]c(-c4cc5cc6c(c7ccc8c(c4CCC8)c57)=CC=CN6)c3c(=O)[nH]1)CC2. The van der Waals surface area contributed by atoms with Gasteiger partial charge in [-0.3, -0.25) is 14.9 Å². The summed E-state index contributed by atoms with van der Waals surface area (Å²) in [5, 5.41) is 18.1. The first-order chi connectivity index (χ1) is 22.1. The second-order valence-corrected chi connectivity index (χ2v) is 13.4. The number of hydrogen-bond donors (Lipinski definition) is 4. The predicted octanol–water partition coefficient (Wildman–Crippen LogP) is 5.39. The molecule has 2 aromatic heterocycles. The zero-order valence-electron chi connectivity index (χ0n) is 24.9. The van der Waals surface area contributed by atoms with Gasteiger partial charge in [-0.25, -0.2) is 0 Å². The van der Waals surface area contributed by atoms with Gasteiger partial charge in [-0.1, -0.05) is 42.5 Å². The summed E-state index contributed by atoms with van der Waals surface area (Å²) < 4.78 is 0. The summed E-state index contributed by atoms with van der Waals surface area (Å²) in [6.07, 6.45) is 12.3. The van der Waals surface area contributed by atoms with E-state index in [1.165, 1.54) is 43.6 Å². The number of anilines is 2. The van der Waals surface area contributed by atoms with E-state index in [0.29, 0.717) is 17.0 Å². The highest BCUT2D eigenvalue weighted by molar-refractivity contribution is 6.17. The van der Waals surface area contributed by atoms with Crippen LogP contribution in [0.2, 0.25) is 0 Å². The standard InChI is InChI=1S/C37H33N7O/c38-33-23-7-2-1-5-21(23)19-37(33)12-15-44(16-13-37)36-40-34-31(35(45)41-36)32(42-43-34)27-17-22-18-28-24(9-4-14-39-28)26-11-10-20-6-3-8-25(27)29(20)30(22)26/h1-2,4-5,7,9-11,14,17-18,33,39H,3,6,8,12-13,15-16,19,38H2,(H2,40,41,42,43,45)/t33-/m1/s1. The van der Waals surface area contributed by atoms with Crippen LogP contribution in [0.25, 0.3) is 49.9 Å². The molecule has 0 saturated carbocycles. The largest absolute Gasteiger partial charge is 0.361 e. The zero-order valence-corrected chi connectivity index (χ0v) is 24.9. The van der Waals surface area contributed by atoms with Gasteiger partial charge in [0.2, 0.25) is 5.95 Å². The number of piperidine rings is 1. The highest BCUT2D eigenvalue weighted by Crippen LogP contribution is 2.51. The number of rotatable bonds is 2. The molecule has 0 bridgehead atoms. The number of allylic oxidation sites excluding steroid dienone is 1. The fourth-order valence-corrected chi connectivity index (χ4v) is 8.92. The second kappa shape index (κ2) is 9.05. The van der Waals surface area contributed by atoms with Crippen LogP contribution in [0.3, 0.4) is 0 Å². The molecule has 5 N–H and O–H groups in total. The molecule has 6 aromatic rings. The lowest BCUT2D eigenvalue weighted by Gasteiger charge is -2.42. The Balaban J connectivity index is 1.05. The van der Waals surface area contributed by atoms with Crippen molar-refractivity contribution in [2.45, 2.75) is 44.6 Å². The van der Waals surface area contributed by atoms with Crippen molar-refractivity contribution in [3.63, 3.8) is 0 Å². The highest BCUT2D eigenvalue weighted by Gasteiger charge is 2.46. The Kier molecular flexibility index (Phi) is 5.10. The molecule has 1 atom stereocenters. The minimum Gasteiger partial charge on any atom is -0.361 e. The molecule has 1 fully saturated rings. The Morgan fingerprint density at radius 3 is 2.76 bits per heavy atom. The van der Waals surface area contributed by atoms with E-state index in [9.17, 15) is 4.79 Å². The van der Waals surface area contributed by atoms with Gasteiger partial charge < -0.3 is 16.0 Å². The number of aryl methyl sites for hydroxylation is 2. The highest BCUT2D eigenvalue weighted by atomic mass is 16.1. The lowest BCUT2D eigenvalue weighted by Crippen LogP contribution is -2.45. The fraction of sp³-hybridized carbons (Fsp3) is 0.270. The Hall–Kier alpha value is -4.95. The van der Waals surface area contributed by atoms with Crippen molar-refractivity contribution in [1.29, 1.82) is 0 Å². The molecule has 8 nitrogen and oxygen atoms in total. The van der Waals surface area contributed by atoms with Gasteiger partial charge >= 0.3 is 0 Å². The van der Waals surface area contributed by atoms with Crippen molar-refractivity contribution in [1.82, 2.24) is 20.2 Å².